The molecule has 1 atom stereocenters. The molecule has 2 aliphatic rings. The van der Waals surface area contributed by atoms with Crippen molar-refractivity contribution in [1.82, 2.24) is 14.9 Å². The molecule has 2 heterocycles. The first-order chi connectivity index (χ1) is 12.1. The first kappa shape index (κ1) is 18.4. The van der Waals surface area contributed by atoms with Crippen LogP contribution in [0.25, 0.3) is 0 Å². The van der Waals surface area contributed by atoms with Crippen LogP contribution in [0.1, 0.15) is 37.7 Å². The molecule has 7 heteroatoms. The van der Waals surface area contributed by atoms with Crippen molar-refractivity contribution in [3.05, 3.63) is 29.8 Å². The fourth-order valence-electron chi connectivity index (χ4n) is 3.55. The Balaban J connectivity index is 1.71. The van der Waals surface area contributed by atoms with Crippen molar-refractivity contribution in [3.63, 3.8) is 0 Å². The molecule has 0 saturated carbocycles. The van der Waals surface area contributed by atoms with Gasteiger partial charge >= 0.3 is 0 Å². The van der Waals surface area contributed by atoms with Crippen molar-refractivity contribution in [2.24, 2.45) is 5.92 Å². The molecule has 1 amide bonds. The second-order valence-electron chi connectivity index (χ2n) is 6.83. The minimum absolute atomic E-state index is 0.00243. The molecule has 138 valence electrons. The Kier molecular flexibility index (Phi) is 6.09. The zero-order valence-electron chi connectivity index (χ0n) is 14.5. The highest BCUT2D eigenvalue weighted by Gasteiger charge is 2.28. The van der Waals surface area contributed by atoms with Gasteiger partial charge in [0.15, 0.2) is 0 Å². The van der Waals surface area contributed by atoms with E-state index in [1.165, 1.54) is 0 Å². The van der Waals surface area contributed by atoms with Crippen LogP contribution in [0.4, 0.5) is 0 Å². The van der Waals surface area contributed by atoms with E-state index in [4.69, 9.17) is 0 Å². The Morgan fingerprint density at radius 1 is 1.16 bits per heavy atom. The molecule has 0 bridgehead atoms. The molecule has 1 unspecified atom stereocenters. The highest BCUT2D eigenvalue weighted by molar-refractivity contribution is 7.89. The Morgan fingerprint density at radius 3 is 2.64 bits per heavy atom. The first-order valence-electron chi connectivity index (χ1n) is 9.15. The normalized spacial score (nSPS) is 22.5. The topological polar surface area (TPSA) is 78.5 Å². The van der Waals surface area contributed by atoms with E-state index < -0.39 is 10.0 Å². The lowest BCUT2D eigenvalue weighted by Crippen LogP contribution is -2.40. The van der Waals surface area contributed by atoms with E-state index >= 15 is 0 Å². The maximum absolute atomic E-state index is 13.0. The van der Waals surface area contributed by atoms with Crippen molar-refractivity contribution in [3.8, 4) is 0 Å². The van der Waals surface area contributed by atoms with E-state index in [9.17, 15) is 13.2 Å². The molecule has 1 aromatic rings. The summed E-state index contributed by atoms with van der Waals surface area (Å²) in [5, 5.41) is 6.15. The molecule has 2 fully saturated rings. The zero-order valence-corrected chi connectivity index (χ0v) is 15.4. The number of sulfonamides is 1. The van der Waals surface area contributed by atoms with Gasteiger partial charge in [-0.05, 0) is 43.9 Å². The number of carbonyl (C=O) groups excluding carboxylic acids is 1. The van der Waals surface area contributed by atoms with Gasteiger partial charge in [0.25, 0.3) is 0 Å². The van der Waals surface area contributed by atoms with Gasteiger partial charge in [-0.25, -0.2) is 8.42 Å². The predicted molar refractivity (Wildman–Crippen MR) is 96.5 cm³/mol. The third-order valence-corrected chi connectivity index (χ3v) is 7.03. The van der Waals surface area contributed by atoms with Crippen molar-refractivity contribution in [2.45, 2.75) is 43.5 Å². The van der Waals surface area contributed by atoms with Crippen LogP contribution in [-0.2, 0) is 21.4 Å². The van der Waals surface area contributed by atoms with Crippen LogP contribution in [-0.4, -0.2) is 44.8 Å². The number of amides is 1. The summed E-state index contributed by atoms with van der Waals surface area (Å²) in [6.07, 6.45) is 4.78. The molecule has 1 aromatic carbocycles. The lowest BCUT2D eigenvalue weighted by atomic mass is 9.99. The second kappa shape index (κ2) is 8.29. The number of rotatable bonds is 5. The molecule has 0 aliphatic carbocycles. The van der Waals surface area contributed by atoms with E-state index in [1.54, 1.807) is 22.5 Å². The molecule has 3 rings (SSSR count). The van der Waals surface area contributed by atoms with E-state index in [-0.39, 0.29) is 18.4 Å². The SMILES string of the molecule is O=C(NCc1ccccc1S(=O)(=O)N1CCCCC1)C1CCCNC1. The molecule has 25 heavy (non-hydrogen) atoms. The summed E-state index contributed by atoms with van der Waals surface area (Å²) in [6, 6.07) is 7.00. The Morgan fingerprint density at radius 2 is 1.92 bits per heavy atom. The summed E-state index contributed by atoms with van der Waals surface area (Å²) >= 11 is 0. The van der Waals surface area contributed by atoms with Gasteiger partial charge < -0.3 is 10.6 Å². The summed E-state index contributed by atoms with van der Waals surface area (Å²) in [5.41, 5.74) is 0.658. The summed E-state index contributed by atoms with van der Waals surface area (Å²) in [4.78, 5) is 12.6. The summed E-state index contributed by atoms with van der Waals surface area (Å²) in [6.45, 7) is 3.06. The molecular weight excluding hydrogens is 338 g/mol. The van der Waals surface area contributed by atoms with Crippen LogP contribution in [0.3, 0.4) is 0 Å². The van der Waals surface area contributed by atoms with Crippen LogP contribution in [0.2, 0.25) is 0 Å². The maximum atomic E-state index is 13.0. The van der Waals surface area contributed by atoms with E-state index in [1.807, 2.05) is 6.07 Å². The number of carbonyl (C=O) groups is 1. The van der Waals surface area contributed by atoms with Gasteiger partial charge in [-0.15, -0.1) is 0 Å². The predicted octanol–water partition coefficient (Wildman–Crippen LogP) is 1.48. The quantitative estimate of drug-likeness (QED) is 0.828. The van der Waals surface area contributed by atoms with Gasteiger partial charge in [-0.3, -0.25) is 4.79 Å². The van der Waals surface area contributed by atoms with Crippen LogP contribution in [0.15, 0.2) is 29.2 Å². The van der Waals surface area contributed by atoms with Crippen LogP contribution >= 0.6 is 0 Å². The summed E-state index contributed by atoms with van der Waals surface area (Å²) < 4.78 is 27.5. The zero-order chi connectivity index (χ0) is 17.7. The van der Waals surface area contributed by atoms with Crippen molar-refractivity contribution < 1.29 is 13.2 Å². The highest BCUT2D eigenvalue weighted by atomic mass is 32.2. The Hall–Kier alpha value is -1.44. The molecule has 2 N–H and O–H groups in total. The molecule has 6 nitrogen and oxygen atoms in total. The number of hydrogen-bond donors (Lipinski definition) is 2. The van der Waals surface area contributed by atoms with E-state index in [2.05, 4.69) is 10.6 Å². The Labute approximate surface area is 150 Å². The lowest BCUT2D eigenvalue weighted by Gasteiger charge is -2.27. The van der Waals surface area contributed by atoms with Crippen molar-refractivity contribution >= 4 is 15.9 Å². The van der Waals surface area contributed by atoms with Gasteiger partial charge in [-0.2, -0.15) is 4.31 Å². The lowest BCUT2D eigenvalue weighted by molar-refractivity contribution is -0.125. The van der Waals surface area contributed by atoms with Crippen LogP contribution in [0, 0.1) is 5.92 Å². The minimum Gasteiger partial charge on any atom is -0.352 e. The fraction of sp³-hybridized carbons (Fsp3) is 0.611. The number of nitrogens with one attached hydrogen (secondary N) is 2. The van der Waals surface area contributed by atoms with E-state index in [0.717, 1.165) is 38.6 Å². The maximum Gasteiger partial charge on any atom is 0.243 e. The number of benzene rings is 1. The third-order valence-electron chi connectivity index (χ3n) is 5.03. The van der Waals surface area contributed by atoms with E-state index in [0.29, 0.717) is 30.1 Å². The molecular formula is C18H27N3O3S. The molecule has 0 radical (unpaired) electrons. The van der Waals surface area contributed by atoms with Crippen molar-refractivity contribution in [1.29, 1.82) is 0 Å². The summed E-state index contributed by atoms with van der Waals surface area (Å²) in [5.74, 6) is -0.0306. The average molecular weight is 365 g/mol. The average Bonchev–Trinajstić information content (AvgIpc) is 2.67. The van der Waals surface area contributed by atoms with Crippen molar-refractivity contribution in [2.75, 3.05) is 26.2 Å². The number of piperidine rings is 2. The second-order valence-corrected chi connectivity index (χ2v) is 8.74. The Bertz CT molecular complexity index is 693. The summed E-state index contributed by atoms with van der Waals surface area (Å²) in [7, 11) is -3.50. The van der Waals surface area contributed by atoms with Gasteiger partial charge in [0.1, 0.15) is 0 Å². The smallest absolute Gasteiger partial charge is 0.243 e. The van der Waals surface area contributed by atoms with Gasteiger partial charge in [0.05, 0.1) is 10.8 Å². The molecule has 2 aliphatic heterocycles. The van der Waals surface area contributed by atoms with Gasteiger partial charge in [0, 0.05) is 26.2 Å². The standard InChI is InChI=1S/C18H27N3O3S/c22-18(16-8-6-10-19-13-16)20-14-15-7-2-3-9-17(15)25(23,24)21-11-4-1-5-12-21/h2-3,7,9,16,19H,1,4-6,8,10-14H2,(H,20,22). The molecule has 0 aromatic heterocycles. The number of nitrogens with zero attached hydrogens (tertiary/aromatic N) is 1. The number of hydrogen-bond acceptors (Lipinski definition) is 4. The minimum atomic E-state index is -3.50. The fourth-order valence-corrected chi connectivity index (χ4v) is 5.29. The highest BCUT2D eigenvalue weighted by Crippen LogP contribution is 2.23. The van der Waals surface area contributed by atoms with Gasteiger partial charge in [-0.1, -0.05) is 24.6 Å². The molecule has 0 spiro atoms. The first-order valence-corrected chi connectivity index (χ1v) is 10.6. The largest absolute Gasteiger partial charge is 0.352 e. The van der Waals surface area contributed by atoms with Crippen LogP contribution < -0.4 is 10.6 Å². The third kappa shape index (κ3) is 4.40. The monoisotopic (exact) mass is 365 g/mol. The van der Waals surface area contributed by atoms with Crippen LogP contribution in [0.5, 0.6) is 0 Å². The molecule has 2 saturated heterocycles. The van der Waals surface area contributed by atoms with Gasteiger partial charge in [0.2, 0.25) is 15.9 Å².